The Labute approximate surface area is 767 Å². The summed E-state index contributed by atoms with van der Waals surface area (Å²) >= 11 is 0. The second kappa shape index (κ2) is 1510. The fraction of sp³-hybridized carbons (Fsp3) is 0.884. The predicted molar refractivity (Wildman–Crippen MR) is 288 cm³/mol. The van der Waals surface area contributed by atoms with Crippen molar-refractivity contribution in [1.82, 2.24) is 0 Å². The molecule has 0 amide bonds. The molecule has 0 radical (unpaired) electrons. The van der Waals surface area contributed by atoms with Gasteiger partial charge in [-0.25, -0.2) is 0 Å². The molecule has 0 aliphatic carbocycles. The SMILES string of the molecule is C.C.C.C.C.C.C.C.C.C.C.C.C.C.C.C.C.C.C.C.C.C.C.C.C.C.C.C.C.C.C.C.C.C.C.C.C.C.[CH3-].[CH3-].[CH3-].[CH3-].[CH3-].[U].[U].[U].[U].[U].[U].[U].[U].[U].[U].[U].[U].[U].[U].[U]. The van der Waals surface area contributed by atoms with Crippen molar-refractivity contribution in [2.24, 2.45) is 0 Å². The van der Waals surface area contributed by atoms with Crippen molar-refractivity contribution in [2.45, 2.75) is 282 Å². The third-order valence-electron chi connectivity index (χ3n) is 0. The Morgan fingerprint density at radius 3 is 0.0517 bits per heavy atom. The fourth-order valence-electron chi connectivity index (χ4n) is 0. The molecule has 404 valence electrons. The van der Waals surface area contributed by atoms with E-state index in [4.69, 9.17) is 0 Å². The van der Waals surface area contributed by atoms with Crippen LogP contribution in [-0.4, -0.2) is 0 Å². The van der Waals surface area contributed by atoms with Gasteiger partial charge >= 0.3 is 0 Å². The van der Waals surface area contributed by atoms with Crippen molar-refractivity contribution in [2.75, 3.05) is 0 Å². The molecule has 0 rings (SSSR count). The van der Waals surface area contributed by atoms with Crippen molar-refractivity contribution < 1.29 is 467 Å². The second-order valence-electron chi connectivity index (χ2n) is 0. The Morgan fingerprint density at radius 1 is 0.0517 bits per heavy atom. The van der Waals surface area contributed by atoms with Crippen LogP contribution in [0, 0.1) is 504 Å². The van der Waals surface area contributed by atoms with Crippen LogP contribution in [0.2, 0.25) is 0 Å². The minimum absolute atomic E-state index is 0. The van der Waals surface area contributed by atoms with Gasteiger partial charge in [-0.15, -0.1) is 0 Å². The van der Waals surface area contributed by atoms with E-state index >= 15 is 0 Å². The molecule has 0 unspecified atom stereocenters. The average Bonchev–Trinajstić information content (AvgIpc) is 0. The van der Waals surface area contributed by atoms with Crippen LogP contribution in [0.15, 0.2) is 0 Å². The summed E-state index contributed by atoms with van der Waals surface area (Å²) in [4.78, 5) is 0. The summed E-state index contributed by atoms with van der Waals surface area (Å²) in [6.45, 7) is 0. The van der Waals surface area contributed by atoms with Crippen LogP contribution in [0.5, 0.6) is 0 Å². The molecular formula is C43H167U15-5. The molecule has 0 aromatic heterocycles. The molecule has 0 aliphatic rings. The fourth-order valence-corrected chi connectivity index (χ4v) is 0. The maximum absolute atomic E-state index is 0. The Balaban J connectivity index is 0. The molecule has 0 aromatic rings. The molecule has 0 fully saturated rings. The third-order valence-corrected chi connectivity index (χ3v) is 0. The Kier molecular flexibility index (Phi) is 40800. The van der Waals surface area contributed by atoms with Gasteiger partial charge in [0.25, 0.3) is 0 Å². The maximum atomic E-state index is 0. The molecule has 0 nitrogen and oxygen atoms in total. The zero-order valence-corrected chi connectivity index (χ0v) is 75.0. The van der Waals surface area contributed by atoms with Crippen LogP contribution in [-0.2, 0) is 0 Å². The van der Waals surface area contributed by atoms with Crippen LogP contribution >= 0.6 is 0 Å². The minimum atomic E-state index is 0. The topological polar surface area (TPSA) is 0 Å². The standard InChI is InChI=1S/38CH4.5CH3.15U/h38*1H4;5*1H3;;;;;;;;;;;;;;;/q;;;;;;;;;;;;;;;;;;;;;;;;;;;;;;;;;;;;;;5*-1;;;;;;;;;;;;;;;. The normalized spacial score (nSPS) is 0. The summed E-state index contributed by atoms with van der Waals surface area (Å²) in [5.74, 6) is 0. The molecule has 0 saturated heterocycles. The van der Waals surface area contributed by atoms with Gasteiger partial charge in [0, 0.05) is 467 Å². The maximum Gasteiger partial charge on any atom is 0 e. The van der Waals surface area contributed by atoms with E-state index < -0.39 is 0 Å². The molecule has 0 heterocycles. The minimum Gasteiger partial charge on any atom is -0.358 e. The van der Waals surface area contributed by atoms with Crippen molar-refractivity contribution in [3.8, 4) is 0 Å². The van der Waals surface area contributed by atoms with Crippen molar-refractivity contribution in [3.05, 3.63) is 37.1 Å². The molecule has 58 heavy (non-hydrogen) atoms. The van der Waals surface area contributed by atoms with Gasteiger partial charge in [0.05, 0.1) is 0 Å². The molecule has 15 heteroatoms. The van der Waals surface area contributed by atoms with Crippen molar-refractivity contribution >= 4 is 0 Å². The van der Waals surface area contributed by atoms with E-state index in [2.05, 4.69) is 0 Å². The first-order valence-corrected chi connectivity index (χ1v) is 0. The number of hydrogen-bond donors (Lipinski definition) is 0. The van der Waals surface area contributed by atoms with Gasteiger partial charge in [-0.3, -0.25) is 0 Å². The Bertz CT molecular complexity index is 47.8. The average molecular weight is 4260 g/mol. The molecule has 0 spiro atoms. The second-order valence-corrected chi connectivity index (χ2v) is 0. The summed E-state index contributed by atoms with van der Waals surface area (Å²) in [5.41, 5.74) is 0. The monoisotopic (exact) mass is 4260 g/mol. The molecule has 0 atom stereocenters. The summed E-state index contributed by atoms with van der Waals surface area (Å²) in [6.07, 6.45) is 0. The Morgan fingerprint density at radius 2 is 0.0517 bits per heavy atom. The first-order valence-electron chi connectivity index (χ1n) is 0. The quantitative estimate of drug-likeness (QED) is 0.212. The van der Waals surface area contributed by atoms with Crippen LogP contribution in [0.25, 0.3) is 0 Å². The van der Waals surface area contributed by atoms with E-state index in [9.17, 15) is 0 Å². The summed E-state index contributed by atoms with van der Waals surface area (Å²) < 4.78 is 0. The van der Waals surface area contributed by atoms with Gasteiger partial charge < -0.3 is 37.1 Å². The molecule has 0 saturated carbocycles. The first-order chi connectivity index (χ1) is 0. The molecule has 0 aromatic carbocycles. The zero-order valence-electron chi connectivity index (χ0n) is 12.5. The van der Waals surface area contributed by atoms with Gasteiger partial charge in [0.15, 0.2) is 0 Å². The Hall–Kier alpha value is 15.8. The predicted octanol–water partition coefficient (Wildman–Crippen LogP) is 26.4. The van der Waals surface area contributed by atoms with Gasteiger partial charge in [0.1, 0.15) is 0 Å². The molecular weight excluding hydrogens is 4090 g/mol. The van der Waals surface area contributed by atoms with Crippen LogP contribution in [0.1, 0.15) is 282 Å². The zero-order chi connectivity index (χ0) is 0. The van der Waals surface area contributed by atoms with E-state index in [1.54, 1.807) is 0 Å². The number of hydrogen-bond acceptors (Lipinski definition) is 0. The van der Waals surface area contributed by atoms with Crippen LogP contribution in [0.3, 0.4) is 0 Å². The third kappa shape index (κ3) is 1440. The van der Waals surface area contributed by atoms with Gasteiger partial charge in [-0.2, -0.15) is 0 Å². The van der Waals surface area contributed by atoms with E-state index in [-0.39, 0.29) is 786 Å². The van der Waals surface area contributed by atoms with E-state index in [1.807, 2.05) is 0 Å². The first kappa shape index (κ1) is 1570. The molecule has 0 aliphatic heterocycles. The van der Waals surface area contributed by atoms with Gasteiger partial charge in [-0.1, -0.05) is 282 Å². The van der Waals surface area contributed by atoms with Gasteiger partial charge in [-0.05, 0) is 0 Å². The molecule has 0 bridgehead atoms. The van der Waals surface area contributed by atoms with E-state index in [0.717, 1.165) is 0 Å². The van der Waals surface area contributed by atoms with Crippen LogP contribution < -0.4 is 0 Å². The summed E-state index contributed by atoms with van der Waals surface area (Å²) in [7, 11) is 0. The smallest absolute Gasteiger partial charge is 0 e. The van der Waals surface area contributed by atoms with Gasteiger partial charge in [0.2, 0.25) is 0 Å². The largest absolute Gasteiger partial charge is 0.358 e. The summed E-state index contributed by atoms with van der Waals surface area (Å²) in [6, 6.07) is 0. The van der Waals surface area contributed by atoms with Crippen molar-refractivity contribution in [3.63, 3.8) is 0 Å². The van der Waals surface area contributed by atoms with E-state index in [0.29, 0.717) is 0 Å². The van der Waals surface area contributed by atoms with E-state index in [1.165, 1.54) is 0 Å². The summed E-state index contributed by atoms with van der Waals surface area (Å²) in [5, 5.41) is 0. The molecule has 0 N–H and O–H groups in total. The van der Waals surface area contributed by atoms with Crippen LogP contribution in [0.4, 0.5) is 0 Å². The van der Waals surface area contributed by atoms with Crippen molar-refractivity contribution in [1.29, 1.82) is 0 Å². The number of rotatable bonds is 0.